The number of aromatic amines is 1. The van der Waals surface area contributed by atoms with E-state index in [1.807, 2.05) is 42.3 Å². The molecule has 0 saturated carbocycles. The summed E-state index contributed by atoms with van der Waals surface area (Å²) in [5.41, 5.74) is 4.29. The highest BCUT2D eigenvalue weighted by Gasteiger charge is 2.24. The molecule has 0 unspecified atom stereocenters. The third kappa shape index (κ3) is 4.77. The van der Waals surface area contributed by atoms with Crippen LogP contribution in [0.3, 0.4) is 0 Å². The normalized spacial score (nSPS) is 15.6. The van der Waals surface area contributed by atoms with E-state index in [2.05, 4.69) is 27.2 Å². The van der Waals surface area contributed by atoms with Gasteiger partial charge in [0.25, 0.3) is 0 Å². The van der Waals surface area contributed by atoms with Crippen molar-refractivity contribution in [2.45, 2.75) is 25.8 Å². The molecule has 4 aromatic rings. The molecule has 36 heavy (non-hydrogen) atoms. The van der Waals surface area contributed by atoms with Gasteiger partial charge in [-0.05, 0) is 49.6 Å². The molecule has 1 atom stereocenters. The van der Waals surface area contributed by atoms with Gasteiger partial charge in [0.05, 0.1) is 22.6 Å². The highest BCUT2D eigenvalue weighted by atomic mass is 35.5. The van der Waals surface area contributed by atoms with Gasteiger partial charge in [0.1, 0.15) is 5.82 Å². The number of fused-ring (bicyclic) bond motifs is 1. The van der Waals surface area contributed by atoms with Crippen molar-refractivity contribution in [3.05, 3.63) is 77.9 Å². The van der Waals surface area contributed by atoms with Gasteiger partial charge in [0.2, 0.25) is 11.9 Å². The van der Waals surface area contributed by atoms with Crippen LogP contribution in [0.2, 0.25) is 5.02 Å². The van der Waals surface area contributed by atoms with E-state index < -0.39 is 0 Å². The van der Waals surface area contributed by atoms with Crippen LogP contribution in [0, 0.1) is 12.7 Å². The summed E-state index contributed by atoms with van der Waals surface area (Å²) in [6, 6.07) is 11.1. The van der Waals surface area contributed by atoms with E-state index in [4.69, 9.17) is 16.6 Å². The Balaban J connectivity index is 1.35. The number of nitrogens with zero attached hydrogens (tertiary/aromatic N) is 3. The van der Waals surface area contributed by atoms with Crippen molar-refractivity contribution >= 4 is 45.7 Å². The van der Waals surface area contributed by atoms with Crippen LogP contribution in [0.1, 0.15) is 18.4 Å². The average molecular weight is 505 g/mol. The molecule has 0 aliphatic carbocycles. The van der Waals surface area contributed by atoms with E-state index in [0.29, 0.717) is 34.6 Å². The number of carbonyl (C=O) groups is 1. The van der Waals surface area contributed by atoms with Gasteiger partial charge in [-0.3, -0.25) is 4.79 Å². The van der Waals surface area contributed by atoms with Crippen LogP contribution >= 0.6 is 11.6 Å². The first-order chi connectivity index (χ1) is 17.4. The SMILES string of the molecule is C=CC(=O)Nc1cc(F)c(N2CCC[C@@H](Nc3ncc(Cl)c(-c4c[nH]c5ccccc45)n3)C2)cc1C. The summed E-state index contributed by atoms with van der Waals surface area (Å²) in [5.74, 6) is -0.280. The van der Waals surface area contributed by atoms with Crippen LogP contribution in [0.25, 0.3) is 22.2 Å². The molecular weight excluding hydrogens is 479 g/mol. The van der Waals surface area contributed by atoms with Crippen molar-refractivity contribution in [3.8, 4) is 11.3 Å². The van der Waals surface area contributed by atoms with E-state index in [-0.39, 0.29) is 17.8 Å². The van der Waals surface area contributed by atoms with Crippen LogP contribution in [0.15, 0.2) is 61.4 Å². The van der Waals surface area contributed by atoms with Crippen molar-refractivity contribution in [3.63, 3.8) is 0 Å². The first-order valence-electron chi connectivity index (χ1n) is 11.8. The second-order valence-corrected chi connectivity index (χ2v) is 9.29. The summed E-state index contributed by atoms with van der Waals surface area (Å²) in [4.78, 5) is 26.0. The van der Waals surface area contributed by atoms with E-state index in [9.17, 15) is 4.79 Å². The highest BCUT2D eigenvalue weighted by molar-refractivity contribution is 6.33. The van der Waals surface area contributed by atoms with Gasteiger partial charge < -0.3 is 20.5 Å². The Morgan fingerprint density at radius 1 is 1.33 bits per heavy atom. The Bertz CT molecular complexity index is 1450. The maximum Gasteiger partial charge on any atom is 0.247 e. The topological polar surface area (TPSA) is 85.9 Å². The van der Waals surface area contributed by atoms with Crippen LogP contribution in [-0.2, 0) is 4.79 Å². The van der Waals surface area contributed by atoms with Gasteiger partial charge in [-0.2, -0.15) is 0 Å². The first-order valence-corrected chi connectivity index (χ1v) is 12.1. The lowest BCUT2D eigenvalue weighted by atomic mass is 10.0. The number of carbonyl (C=O) groups excluding carboxylic acids is 1. The number of aryl methyl sites for hydroxylation is 1. The lowest BCUT2D eigenvalue weighted by Crippen LogP contribution is -2.42. The van der Waals surface area contributed by atoms with Crippen LogP contribution in [-0.4, -0.2) is 40.0 Å². The molecule has 1 saturated heterocycles. The average Bonchev–Trinajstić information content (AvgIpc) is 3.31. The molecule has 3 heterocycles. The number of H-pyrrole nitrogens is 1. The number of piperidine rings is 1. The van der Waals surface area contributed by atoms with Crippen LogP contribution in [0.4, 0.5) is 21.7 Å². The predicted molar refractivity (Wildman–Crippen MR) is 143 cm³/mol. The second-order valence-electron chi connectivity index (χ2n) is 8.88. The van der Waals surface area contributed by atoms with E-state index in [1.54, 1.807) is 12.3 Å². The minimum absolute atomic E-state index is 0.0237. The van der Waals surface area contributed by atoms with Gasteiger partial charge in [0.15, 0.2) is 0 Å². The molecule has 1 aliphatic rings. The number of anilines is 3. The quantitative estimate of drug-likeness (QED) is 0.283. The Kier molecular flexibility index (Phi) is 6.61. The fourth-order valence-corrected chi connectivity index (χ4v) is 4.81. The maximum atomic E-state index is 15.0. The number of para-hydroxylation sites is 1. The molecule has 2 aromatic heterocycles. The van der Waals surface area contributed by atoms with E-state index in [0.717, 1.165) is 47.5 Å². The molecule has 0 bridgehead atoms. The Morgan fingerprint density at radius 3 is 3.00 bits per heavy atom. The number of halogens is 2. The maximum absolute atomic E-state index is 15.0. The predicted octanol–water partition coefficient (Wildman–Crippen LogP) is 5.93. The van der Waals surface area contributed by atoms with Crippen molar-refractivity contribution in [1.29, 1.82) is 0 Å². The molecule has 1 fully saturated rings. The number of aromatic nitrogens is 3. The zero-order valence-electron chi connectivity index (χ0n) is 19.8. The number of benzene rings is 2. The molecule has 9 heteroatoms. The van der Waals surface area contributed by atoms with Gasteiger partial charge in [-0.15, -0.1) is 0 Å². The Labute approximate surface area is 213 Å². The lowest BCUT2D eigenvalue weighted by Gasteiger charge is -2.35. The Hall–Kier alpha value is -3.91. The first kappa shape index (κ1) is 23.8. The minimum atomic E-state index is -0.384. The number of nitrogens with one attached hydrogen (secondary N) is 3. The number of hydrogen-bond acceptors (Lipinski definition) is 5. The largest absolute Gasteiger partial charge is 0.367 e. The number of hydrogen-bond donors (Lipinski definition) is 3. The smallest absolute Gasteiger partial charge is 0.247 e. The summed E-state index contributed by atoms with van der Waals surface area (Å²) < 4.78 is 15.0. The molecule has 184 valence electrons. The lowest BCUT2D eigenvalue weighted by molar-refractivity contribution is -0.111. The zero-order chi connectivity index (χ0) is 25.2. The molecule has 3 N–H and O–H groups in total. The van der Waals surface area contributed by atoms with Crippen molar-refractivity contribution in [1.82, 2.24) is 15.0 Å². The fourth-order valence-electron chi connectivity index (χ4n) is 4.62. The summed E-state index contributed by atoms with van der Waals surface area (Å²) >= 11 is 6.47. The van der Waals surface area contributed by atoms with Crippen molar-refractivity contribution in [2.24, 2.45) is 0 Å². The number of rotatable bonds is 6. The van der Waals surface area contributed by atoms with E-state index in [1.165, 1.54) is 6.07 Å². The standard InChI is InChI=1S/C27H26ClFN6O/c1-3-25(36)33-23-12-21(29)24(11-16(23)2)35-10-6-7-17(15-35)32-27-31-14-20(28)26(34-27)19-13-30-22-9-5-4-8-18(19)22/h3-5,8-9,11-14,17,30H,1,6-7,10,15H2,2H3,(H,33,36)(H,31,32,34)/t17-/m1/s1. The van der Waals surface area contributed by atoms with Gasteiger partial charge in [-0.25, -0.2) is 14.4 Å². The van der Waals surface area contributed by atoms with Crippen LogP contribution < -0.4 is 15.5 Å². The number of amides is 1. The zero-order valence-corrected chi connectivity index (χ0v) is 20.6. The fraction of sp³-hybridized carbons (Fsp3) is 0.222. The van der Waals surface area contributed by atoms with Gasteiger partial charge in [-0.1, -0.05) is 36.4 Å². The van der Waals surface area contributed by atoms with Crippen LogP contribution in [0.5, 0.6) is 0 Å². The molecule has 5 rings (SSSR count). The summed E-state index contributed by atoms with van der Waals surface area (Å²) in [6.45, 7) is 6.60. The monoisotopic (exact) mass is 504 g/mol. The molecule has 2 aromatic carbocycles. The molecule has 0 spiro atoms. The third-order valence-corrected chi connectivity index (χ3v) is 6.70. The molecule has 1 amide bonds. The van der Waals surface area contributed by atoms with Gasteiger partial charge >= 0.3 is 0 Å². The molecule has 1 aliphatic heterocycles. The summed E-state index contributed by atoms with van der Waals surface area (Å²) in [5, 5.41) is 7.56. The molecule has 7 nitrogen and oxygen atoms in total. The Morgan fingerprint density at radius 2 is 2.17 bits per heavy atom. The molecular formula is C27H26ClFN6O. The molecule has 0 radical (unpaired) electrons. The second kappa shape index (κ2) is 9.99. The third-order valence-electron chi connectivity index (χ3n) is 6.42. The highest BCUT2D eigenvalue weighted by Crippen LogP contribution is 2.33. The van der Waals surface area contributed by atoms with Crippen molar-refractivity contribution in [2.75, 3.05) is 28.6 Å². The minimum Gasteiger partial charge on any atom is -0.367 e. The van der Waals surface area contributed by atoms with Crippen molar-refractivity contribution < 1.29 is 9.18 Å². The summed E-state index contributed by atoms with van der Waals surface area (Å²) in [7, 11) is 0. The van der Waals surface area contributed by atoms with Gasteiger partial charge in [0, 0.05) is 47.5 Å². The summed E-state index contributed by atoms with van der Waals surface area (Å²) in [6.07, 6.45) is 6.45. The van der Waals surface area contributed by atoms with E-state index >= 15 is 4.39 Å².